The average Bonchev–Trinajstić information content (AvgIpc) is 3.08. The van der Waals surface area contributed by atoms with E-state index in [-0.39, 0.29) is 11.5 Å². The summed E-state index contributed by atoms with van der Waals surface area (Å²) >= 11 is 0. The molecule has 3 rings (SSSR count). The summed E-state index contributed by atoms with van der Waals surface area (Å²) in [4.78, 5) is 23.6. The normalized spacial score (nSPS) is 14.5. The van der Waals surface area contributed by atoms with Gasteiger partial charge in [-0.1, -0.05) is 43.2 Å². The monoisotopic (exact) mass is 323 g/mol. The van der Waals surface area contributed by atoms with Crippen LogP contribution in [-0.2, 0) is 4.79 Å². The molecule has 1 fully saturated rings. The first kappa shape index (κ1) is 16.2. The lowest BCUT2D eigenvalue weighted by atomic mass is 10.00. The Kier molecular flexibility index (Phi) is 4.94. The summed E-state index contributed by atoms with van der Waals surface area (Å²) in [5.41, 5.74) is 2.49. The first-order valence-electron chi connectivity index (χ1n) is 8.36. The predicted molar refractivity (Wildman–Crippen MR) is 94.0 cm³/mol. The zero-order chi connectivity index (χ0) is 16.9. The molecule has 0 aliphatic heterocycles. The number of aromatic carboxylic acids is 1. The van der Waals surface area contributed by atoms with E-state index in [1.807, 2.05) is 30.3 Å². The number of hydrogen-bond donors (Lipinski definition) is 2. The molecule has 0 atom stereocenters. The van der Waals surface area contributed by atoms with E-state index in [1.54, 1.807) is 12.1 Å². The Labute approximate surface area is 141 Å². The first-order chi connectivity index (χ1) is 11.6. The molecule has 0 heterocycles. The number of nitrogens with one attached hydrogen (secondary N) is 1. The Hall–Kier alpha value is -2.62. The van der Waals surface area contributed by atoms with Gasteiger partial charge in [-0.2, -0.15) is 0 Å². The summed E-state index contributed by atoms with van der Waals surface area (Å²) in [7, 11) is 0. The molecule has 24 heavy (non-hydrogen) atoms. The maximum atomic E-state index is 12.3. The van der Waals surface area contributed by atoms with Crippen molar-refractivity contribution in [2.45, 2.75) is 32.1 Å². The molecule has 1 aliphatic carbocycles. The largest absolute Gasteiger partial charge is 0.478 e. The predicted octanol–water partition coefficient (Wildman–Crippen LogP) is 4.57. The van der Waals surface area contributed by atoms with Crippen LogP contribution in [0.15, 0.2) is 48.5 Å². The van der Waals surface area contributed by atoms with Gasteiger partial charge in [0, 0.05) is 17.7 Å². The van der Waals surface area contributed by atoms with Gasteiger partial charge in [0.25, 0.3) is 0 Å². The zero-order valence-electron chi connectivity index (χ0n) is 13.5. The highest BCUT2D eigenvalue weighted by molar-refractivity contribution is 5.98. The highest BCUT2D eigenvalue weighted by Crippen LogP contribution is 2.31. The van der Waals surface area contributed by atoms with Crippen LogP contribution in [0, 0.1) is 5.92 Å². The van der Waals surface area contributed by atoms with Gasteiger partial charge < -0.3 is 10.4 Å². The van der Waals surface area contributed by atoms with E-state index in [9.17, 15) is 14.7 Å². The van der Waals surface area contributed by atoms with Crippen LogP contribution in [0.25, 0.3) is 11.1 Å². The molecule has 2 N–H and O–H groups in total. The molecular formula is C20H21NO3. The van der Waals surface area contributed by atoms with E-state index in [1.165, 1.54) is 18.9 Å². The minimum Gasteiger partial charge on any atom is -0.478 e. The molecule has 0 radical (unpaired) electrons. The van der Waals surface area contributed by atoms with E-state index in [4.69, 9.17) is 0 Å². The highest BCUT2D eigenvalue weighted by atomic mass is 16.4. The minimum atomic E-state index is -0.976. The van der Waals surface area contributed by atoms with Gasteiger partial charge in [0.1, 0.15) is 0 Å². The molecule has 1 saturated carbocycles. The van der Waals surface area contributed by atoms with Crippen LogP contribution >= 0.6 is 0 Å². The van der Waals surface area contributed by atoms with E-state index >= 15 is 0 Å². The number of rotatable bonds is 5. The van der Waals surface area contributed by atoms with E-state index in [0.29, 0.717) is 18.0 Å². The van der Waals surface area contributed by atoms with Gasteiger partial charge in [-0.3, -0.25) is 4.79 Å². The maximum absolute atomic E-state index is 12.3. The third kappa shape index (κ3) is 3.82. The Bertz CT molecular complexity index is 734. The molecule has 4 heteroatoms. The van der Waals surface area contributed by atoms with E-state index in [2.05, 4.69) is 5.32 Å². The number of carbonyl (C=O) groups is 2. The molecule has 1 aliphatic rings. The van der Waals surface area contributed by atoms with E-state index < -0.39 is 5.97 Å². The van der Waals surface area contributed by atoms with Crippen molar-refractivity contribution in [1.29, 1.82) is 0 Å². The third-order valence-corrected chi connectivity index (χ3v) is 4.57. The van der Waals surface area contributed by atoms with Crippen molar-refractivity contribution in [2.24, 2.45) is 5.92 Å². The van der Waals surface area contributed by atoms with Crippen molar-refractivity contribution in [1.82, 2.24) is 0 Å². The van der Waals surface area contributed by atoms with Crippen molar-refractivity contribution in [3.63, 3.8) is 0 Å². The summed E-state index contributed by atoms with van der Waals surface area (Å²) in [6, 6.07) is 14.3. The van der Waals surface area contributed by atoms with Gasteiger partial charge in [0.15, 0.2) is 0 Å². The Morgan fingerprint density at radius 1 is 1.04 bits per heavy atom. The molecule has 2 aromatic rings. The summed E-state index contributed by atoms with van der Waals surface area (Å²) < 4.78 is 0. The fraction of sp³-hybridized carbons (Fsp3) is 0.300. The van der Waals surface area contributed by atoms with Gasteiger partial charge in [-0.05, 0) is 42.5 Å². The minimum absolute atomic E-state index is 0.00200. The number of carboxylic acid groups (broad SMARTS) is 1. The van der Waals surface area contributed by atoms with Crippen molar-refractivity contribution >= 4 is 17.6 Å². The van der Waals surface area contributed by atoms with Gasteiger partial charge >= 0.3 is 5.97 Å². The fourth-order valence-electron chi connectivity index (χ4n) is 3.32. The molecule has 1 amide bonds. The van der Waals surface area contributed by atoms with Crippen LogP contribution in [0.3, 0.4) is 0 Å². The number of anilines is 1. The van der Waals surface area contributed by atoms with E-state index in [0.717, 1.165) is 24.0 Å². The lowest BCUT2D eigenvalue weighted by molar-refractivity contribution is -0.117. The average molecular weight is 323 g/mol. The van der Waals surface area contributed by atoms with Gasteiger partial charge in [0.05, 0.1) is 5.56 Å². The number of hydrogen-bond acceptors (Lipinski definition) is 2. The molecule has 0 bridgehead atoms. The van der Waals surface area contributed by atoms with Gasteiger partial charge in [-0.25, -0.2) is 4.79 Å². The van der Waals surface area contributed by atoms with Crippen molar-refractivity contribution < 1.29 is 14.7 Å². The molecule has 2 aromatic carbocycles. The SMILES string of the molecule is O=C(CC1CCCC1)Nc1ccc(C(=O)O)cc1-c1ccccc1. The molecular weight excluding hydrogens is 302 g/mol. The Morgan fingerprint density at radius 2 is 1.75 bits per heavy atom. The van der Waals surface area contributed by atoms with Crippen LogP contribution in [0.1, 0.15) is 42.5 Å². The number of carbonyl (C=O) groups excluding carboxylic acids is 1. The van der Waals surface area contributed by atoms with Crippen LogP contribution in [-0.4, -0.2) is 17.0 Å². The zero-order valence-corrected chi connectivity index (χ0v) is 13.5. The molecule has 4 nitrogen and oxygen atoms in total. The van der Waals surface area contributed by atoms with Gasteiger partial charge in [-0.15, -0.1) is 0 Å². The highest BCUT2D eigenvalue weighted by Gasteiger charge is 2.19. The van der Waals surface area contributed by atoms with Gasteiger partial charge in [0.2, 0.25) is 5.91 Å². The van der Waals surface area contributed by atoms with Crippen molar-refractivity contribution in [3.8, 4) is 11.1 Å². The summed E-state index contributed by atoms with van der Waals surface area (Å²) in [6.45, 7) is 0. The molecule has 0 saturated heterocycles. The Balaban J connectivity index is 1.86. The first-order valence-corrected chi connectivity index (χ1v) is 8.36. The smallest absolute Gasteiger partial charge is 0.335 e. The van der Waals surface area contributed by atoms with Crippen LogP contribution in [0.2, 0.25) is 0 Å². The number of amides is 1. The fourth-order valence-corrected chi connectivity index (χ4v) is 3.32. The van der Waals surface area contributed by atoms with Crippen molar-refractivity contribution in [2.75, 3.05) is 5.32 Å². The summed E-state index contributed by atoms with van der Waals surface area (Å²) in [5, 5.41) is 12.2. The second kappa shape index (κ2) is 7.30. The quantitative estimate of drug-likeness (QED) is 0.847. The summed E-state index contributed by atoms with van der Waals surface area (Å²) in [6.07, 6.45) is 5.20. The van der Waals surface area contributed by atoms with Crippen LogP contribution < -0.4 is 5.32 Å². The number of carboxylic acids is 1. The summed E-state index contributed by atoms with van der Waals surface area (Å²) in [5.74, 6) is -0.498. The third-order valence-electron chi connectivity index (χ3n) is 4.57. The second-order valence-electron chi connectivity index (χ2n) is 6.33. The molecule has 0 unspecified atom stereocenters. The maximum Gasteiger partial charge on any atom is 0.335 e. The molecule has 0 aromatic heterocycles. The molecule has 0 spiro atoms. The van der Waals surface area contributed by atoms with Crippen molar-refractivity contribution in [3.05, 3.63) is 54.1 Å². The molecule has 124 valence electrons. The second-order valence-corrected chi connectivity index (χ2v) is 6.33. The Morgan fingerprint density at radius 3 is 2.42 bits per heavy atom. The standard InChI is InChI=1S/C20H21NO3/c22-19(12-14-6-4-5-7-14)21-18-11-10-16(20(23)24)13-17(18)15-8-2-1-3-9-15/h1-3,8-11,13-14H,4-7,12H2,(H,21,22)(H,23,24). The van der Waals surface area contributed by atoms with Crippen LogP contribution in [0.5, 0.6) is 0 Å². The van der Waals surface area contributed by atoms with Crippen LogP contribution in [0.4, 0.5) is 5.69 Å². The lowest BCUT2D eigenvalue weighted by Crippen LogP contribution is -2.16. The topological polar surface area (TPSA) is 66.4 Å². The number of benzene rings is 2. The lowest BCUT2D eigenvalue weighted by Gasteiger charge is -2.14.